The lowest BCUT2D eigenvalue weighted by molar-refractivity contribution is 0.302. The third kappa shape index (κ3) is 3.49. The van der Waals surface area contributed by atoms with Crippen molar-refractivity contribution in [2.45, 2.75) is 19.4 Å². The van der Waals surface area contributed by atoms with Gasteiger partial charge in [0.1, 0.15) is 0 Å². The minimum absolute atomic E-state index is 0.228. The summed E-state index contributed by atoms with van der Waals surface area (Å²) in [6, 6.07) is 0.228. The van der Waals surface area contributed by atoms with Gasteiger partial charge in [0.05, 0.1) is 6.04 Å². The fourth-order valence-electron chi connectivity index (χ4n) is 0.662. The van der Waals surface area contributed by atoms with Gasteiger partial charge in [-0.15, -0.1) is 6.42 Å². The van der Waals surface area contributed by atoms with Gasteiger partial charge in [0.25, 0.3) is 0 Å². The second kappa shape index (κ2) is 5.28. The normalized spacial score (nSPS) is 13.1. The number of terminal acetylenes is 1. The van der Waals surface area contributed by atoms with Gasteiger partial charge in [-0.2, -0.15) is 0 Å². The van der Waals surface area contributed by atoms with Gasteiger partial charge in [-0.3, -0.25) is 4.90 Å². The van der Waals surface area contributed by atoms with Crippen LogP contribution in [-0.4, -0.2) is 31.1 Å². The van der Waals surface area contributed by atoms with Crippen LogP contribution < -0.4 is 5.73 Å². The van der Waals surface area contributed by atoms with Gasteiger partial charge in [0.2, 0.25) is 0 Å². The van der Waals surface area contributed by atoms with E-state index in [1.54, 1.807) is 0 Å². The van der Waals surface area contributed by atoms with Crippen molar-refractivity contribution in [1.82, 2.24) is 4.90 Å². The average Bonchev–Trinajstić information content (AvgIpc) is 1.98. The first-order valence-corrected chi connectivity index (χ1v) is 3.58. The summed E-state index contributed by atoms with van der Waals surface area (Å²) in [6.45, 7) is 3.74. The van der Waals surface area contributed by atoms with E-state index in [4.69, 9.17) is 12.2 Å². The first-order valence-electron chi connectivity index (χ1n) is 3.58. The lowest BCUT2D eigenvalue weighted by Crippen LogP contribution is -2.29. The highest BCUT2D eigenvalue weighted by Gasteiger charge is 2.02. The van der Waals surface area contributed by atoms with E-state index in [1.807, 2.05) is 14.0 Å². The summed E-state index contributed by atoms with van der Waals surface area (Å²) in [5, 5.41) is 0. The molecule has 0 aromatic carbocycles. The Labute approximate surface area is 63.4 Å². The van der Waals surface area contributed by atoms with E-state index in [1.165, 1.54) is 0 Å². The quantitative estimate of drug-likeness (QED) is 0.569. The van der Waals surface area contributed by atoms with Crippen LogP contribution in [0.3, 0.4) is 0 Å². The van der Waals surface area contributed by atoms with Crippen LogP contribution in [0.2, 0.25) is 0 Å². The zero-order chi connectivity index (χ0) is 7.98. The van der Waals surface area contributed by atoms with Crippen LogP contribution in [0.25, 0.3) is 0 Å². The van der Waals surface area contributed by atoms with Crippen LogP contribution in [-0.2, 0) is 0 Å². The fourth-order valence-corrected chi connectivity index (χ4v) is 0.662. The van der Waals surface area contributed by atoms with Crippen molar-refractivity contribution in [2.24, 2.45) is 5.73 Å². The van der Waals surface area contributed by atoms with E-state index in [9.17, 15) is 0 Å². The minimum atomic E-state index is 0.228. The van der Waals surface area contributed by atoms with Gasteiger partial charge in [0.15, 0.2) is 0 Å². The molecule has 0 aromatic rings. The number of hydrogen-bond donors (Lipinski definition) is 1. The van der Waals surface area contributed by atoms with Crippen molar-refractivity contribution in [3.63, 3.8) is 0 Å². The third-order valence-corrected chi connectivity index (χ3v) is 1.62. The maximum Gasteiger partial charge on any atom is 0.0680 e. The Morgan fingerprint density at radius 3 is 2.70 bits per heavy atom. The summed E-state index contributed by atoms with van der Waals surface area (Å²) in [5.74, 6) is 2.66. The van der Waals surface area contributed by atoms with Crippen LogP contribution in [0.5, 0.6) is 0 Å². The summed E-state index contributed by atoms with van der Waals surface area (Å²) < 4.78 is 0. The Balaban J connectivity index is 3.43. The molecule has 0 aliphatic rings. The van der Waals surface area contributed by atoms with E-state index >= 15 is 0 Å². The SMILES string of the molecule is C#CC(C)N(C)CCCN. The summed E-state index contributed by atoms with van der Waals surface area (Å²) >= 11 is 0. The molecule has 2 N–H and O–H groups in total. The number of nitrogens with zero attached hydrogens (tertiary/aromatic N) is 1. The molecule has 0 radical (unpaired) electrons. The Morgan fingerprint density at radius 1 is 1.70 bits per heavy atom. The van der Waals surface area contributed by atoms with Crippen LogP contribution in [0, 0.1) is 12.3 Å². The number of hydrogen-bond acceptors (Lipinski definition) is 2. The smallest absolute Gasteiger partial charge is 0.0680 e. The predicted molar refractivity (Wildman–Crippen MR) is 44.6 cm³/mol. The Kier molecular flexibility index (Phi) is 5.00. The Hall–Kier alpha value is -0.520. The van der Waals surface area contributed by atoms with Crippen LogP contribution >= 0.6 is 0 Å². The molecule has 0 amide bonds. The molecular formula is C8H16N2. The molecule has 0 saturated carbocycles. The van der Waals surface area contributed by atoms with Gasteiger partial charge in [-0.1, -0.05) is 5.92 Å². The van der Waals surface area contributed by atoms with E-state index in [-0.39, 0.29) is 6.04 Å². The zero-order valence-corrected chi connectivity index (χ0v) is 6.80. The third-order valence-electron chi connectivity index (χ3n) is 1.62. The molecule has 0 heterocycles. The van der Waals surface area contributed by atoms with Crippen LogP contribution in [0.1, 0.15) is 13.3 Å². The van der Waals surface area contributed by atoms with Crippen molar-refractivity contribution >= 4 is 0 Å². The lowest BCUT2D eigenvalue weighted by atomic mass is 10.3. The first-order chi connectivity index (χ1) is 4.72. The van der Waals surface area contributed by atoms with Crippen molar-refractivity contribution in [1.29, 1.82) is 0 Å². The fraction of sp³-hybridized carbons (Fsp3) is 0.750. The van der Waals surface area contributed by atoms with E-state index in [0.29, 0.717) is 0 Å². The first kappa shape index (κ1) is 9.48. The number of rotatable bonds is 4. The minimum Gasteiger partial charge on any atom is -0.330 e. The molecule has 2 heteroatoms. The maximum absolute atomic E-state index is 5.34. The lowest BCUT2D eigenvalue weighted by Gasteiger charge is -2.19. The molecule has 0 aromatic heterocycles. The standard InChI is InChI=1S/C8H16N2/c1-4-8(2)10(3)7-5-6-9/h1,8H,5-7,9H2,2-3H3. The topological polar surface area (TPSA) is 29.3 Å². The van der Waals surface area contributed by atoms with Gasteiger partial charge < -0.3 is 5.73 Å². The molecule has 0 saturated heterocycles. The monoisotopic (exact) mass is 140 g/mol. The van der Waals surface area contributed by atoms with Gasteiger partial charge in [0, 0.05) is 6.54 Å². The van der Waals surface area contributed by atoms with Gasteiger partial charge >= 0.3 is 0 Å². The summed E-state index contributed by atoms with van der Waals surface area (Å²) in [7, 11) is 2.01. The average molecular weight is 140 g/mol. The largest absolute Gasteiger partial charge is 0.330 e. The van der Waals surface area contributed by atoms with Gasteiger partial charge in [-0.25, -0.2) is 0 Å². The second-order valence-electron chi connectivity index (χ2n) is 2.47. The molecule has 58 valence electrons. The zero-order valence-electron chi connectivity index (χ0n) is 6.80. The van der Waals surface area contributed by atoms with Crippen LogP contribution in [0.4, 0.5) is 0 Å². The Morgan fingerprint density at radius 2 is 2.30 bits per heavy atom. The highest BCUT2D eigenvalue weighted by molar-refractivity contribution is 4.96. The molecule has 0 rings (SSSR count). The van der Waals surface area contributed by atoms with Crippen molar-refractivity contribution in [2.75, 3.05) is 20.1 Å². The molecule has 2 nitrogen and oxygen atoms in total. The molecule has 0 fully saturated rings. The molecule has 0 spiro atoms. The summed E-state index contributed by atoms with van der Waals surface area (Å²) in [4.78, 5) is 2.12. The Bertz CT molecular complexity index is 115. The molecule has 1 atom stereocenters. The number of nitrogens with two attached hydrogens (primary N) is 1. The molecule has 0 aliphatic carbocycles. The van der Waals surface area contributed by atoms with Crippen LogP contribution in [0.15, 0.2) is 0 Å². The summed E-state index contributed by atoms with van der Waals surface area (Å²) in [5.41, 5.74) is 5.34. The van der Waals surface area contributed by atoms with Crippen molar-refractivity contribution in [3.05, 3.63) is 0 Å². The second-order valence-corrected chi connectivity index (χ2v) is 2.47. The highest BCUT2D eigenvalue weighted by atomic mass is 15.1. The van der Waals surface area contributed by atoms with Gasteiger partial charge in [-0.05, 0) is 26.9 Å². The molecule has 0 bridgehead atoms. The predicted octanol–water partition coefficient (Wildman–Crippen LogP) is 0.289. The summed E-state index contributed by atoms with van der Waals surface area (Å²) in [6.07, 6.45) is 6.24. The maximum atomic E-state index is 5.34. The van der Waals surface area contributed by atoms with E-state index in [0.717, 1.165) is 19.5 Å². The molecule has 1 unspecified atom stereocenters. The molecule has 0 aliphatic heterocycles. The van der Waals surface area contributed by atoms with Crippen molar-refractivity contribution < 1.29 is 0 Å². The van der Waals surface area contributed by atoms with E-state index < -0.39 is 0 Å². The van der Waals surface area contributed by atoms with Crippen molar-refractivity contribution in [3.8, 4) is 12.3 Å². The highest BCUT2D eigenvalue weighted by Crippen LogP contribution is 1.93. The molecular weight excluding hydrogens is 124 g/mol. The van der Waals surface area contributed by atoms with E-state index in [2.05, 4.69) is 10.8 Å². The molecule has 10 heavy (non-hydrogen) atoms.